The van der Waals surface area contributed by atoms with Crippen LogP contribution in [0.4, 0.5) is 0 Å². The maximum absolute atomic E-state index is 12.8. The summed E-state index contributed by atoms with van der Waals surface area (Å²) in [5, 5.41) is 0. The molecule has 28 heavy (non-hydrogen) atoms. The number of pyridine rings is 1. The molecular weight excluding hydrogens is 416 g/mol. The fraction of sp³-hybridized carbons (Fsp3) is 0.273. The Bertz CT molecular complexity index is 985. The maximum atomic E-state index is 12.8. The zero-order chi connectivity index (χ0) is 19.5. The van der Waals surface area contributed by atoms with Gasteiger partial charge in [0, 0.05) is 53.2 Å². The summed E-state index contributed by atoms with van der Waals surface area (Å²) in [6.45, 7) is 3.38. The van der Waals surface area contributed by atoms with E-state index in [4.69, 9.17) is 4.98 Å². The number of piperidine rings is 1. The number of likely N-dealkylation sites (tertiary alicyclic amines) is 1. The second-order valence-electron chi connectivity index (χ2n) is 7.03. The van der Waals surface area contributed by atoms with Crippen LogP contribution in [0.25, 0.3) is 11.1 Å². The van der Waals surface area contributed by atoms with E-state index in [1.165, 1.54) is 0 Å². The molecule has 1 amide bonds. The van der Waals surface area contributed by atoms with Crippen LogP contribution in [0.5, 0.6) is 0 Å². The molecule has 4 rings (SSSR count). The van der Waals surface area contributed by atoms with Gasteiger partial charge < -0.3 is 4.90 Å². The van der Waals surface area contributed by atoms with Gasteiger partial charge in [0.05, 0.1) is 5.69 Å². The fourth-order valence-electron chi connectivity index (χ4n) is 3.71. The first-order valence-corrected chi connectivity index (χ1v) is 10.2. The Balaban J connectivity index is 1.53. The molecule has 1 fully saturated rings. The molecule has 3 aromatic rings. The van der Waals surface area contributed by atoms with Crippen LogP contribution in [-0.4, -0.2) is 38.8 Å². The number of halogens is 1. The SMILES string of the molecule is Cc1ncc(-c2ccncc2)c(C2CCN(C(=O)c3cccc(Br)c3)CC2)n1. The van der Waals surface area contributed by atoms with Crippen LogP contribution in [0.2, 0.25) is 0 Å². The highest BCUT2D eigenvalue weighted by molar-refractivity contribution is 9.10. The number of amides is 1. The van der Waals surface area contributed by atoms with Crippen LogP contribution in [0.1, 0.15) is 40.6 Å². The van der Waals surface area contributed by atoms with Crippen molar-refractivity contribution in [2.75, 3.05) is 13.1 Å². The summed E-state index contributed by atoms with van der Waals surface area (Å²) in [6, 6.07) is 11.6. The Hall–Kier alpha value is -2.60. The predicted molar refractivity (Wildman–Crippen MR) is 112 cm³/mol. The second kappa shape index (κ2) is 8.19. The van der Waals surface area contributed by atoms with Crippen LogP contribution in [-0.2, 0) is 0 Å². The van der Waals surface area contributed by atoms with E-state index in [-0.39, 0.29) is 5.91 Å². The van der Waals surface area contributed by atoms with E-state index in [1.54, 1.807) is 12.4 Å². The normalized spacial score (nSPS) is 14.9. The highest BCUT2D eigenvalue weighted by Crippen LogP contribution is 2.34. The van der Waals surface area contributed by atoms with E-state index >= 15 is 0 Å². The Labute approximate surface area is 173 Å². The molecule has 1 aliphatic heterocycles. The lowest BCUT2D eigenvalue weighted by Crippen LogP contribution is -2.38. The van der Waals surface area contributed by atoms with Crippen molar-refractivity contribution in [3.63, 3.8) is 0 Å². The van der Waals surface area contributed by atoms with E-state index in [2.05, 4.69) is 25.9 Å². The van der Waals surface area contributed by atoms with Gasteiger partial charge in [-0.1, -0.05) is 22.0 Å². The van der Waals surface area contributed by atoms with Crippen molar-refractivity contribution in [2.24, 2.45) is 0 Å². The Morgan fingerprint density at radius 1 is 1.14 bits per heavy atom. The summed E-state index contributed by atoms with van der Waals surface area (Å²) in [5.41, 5.74) is 3.94. The Kier molecular flexibility index (Phi) is 5.48. The minimum absolute atomic E-state index is 0.0907. The third-order valence-corrected chi connectivity index (χ3v) is 5.66. The minimum atomic E-state index is 0.0907. The number of nitrogens with zero attached hydrogens (tertiary/aromatic N) is 4. The summed E-state index contributed by atoms with van der Waals surface area (Å²) < 4.78 is 0.923. The third-order valence-electron chi connectivity index (χ3n) is 5.17. The van der Waals surface area contributed by atoms with Gasteiger partial charge in [0.25, 0.3) is 5.91 Å². The summed E-state index contributed by atoms with van der Waals surface area (Å²) in [4.78, 5) is 28.0. The number of benzene rings is 1. The highest BCUT2D eigenvalue weighted by atomic mass is 79.9. The van der Waals surface area contributed by atoms with Gasteiger partial charge in [0.2, 0.25) is 0 Å². The van der Waals surface area contributed by atoms with Crippen LogP contribution in [0.15, 0.2) is 59.5 Å². The van der Waals surface area contributed by atoms with Crippen molar-refractivity contribution >= 4 is 21.8 Å². The number of carbonyl (C=O) groups is 1. The van der Waals surface area contributed by atoms with Gasteiger partial charge in [-0.2, -0.15) is 0 Å². The molecule has 1 saturated heterocycles. The van der Waals surface area contributed by atoms with E-state index in [9.17, 15) is 4.79 Å². The standard InChI is InChI=1S/C22H21BrN4O/c1-15-25-14-20(16-5-9-24-10-6-16)21(26-15)17-7-11-27(12-8-17)22(28)18-3-2-4-19(23)13-18/h2-6,9-10,13-14,17H,7-8,11-12H2,1H3. The first-order chi connectivity index (χ1) is 13.6. The average molecular weight is 437 g/mol. The van der Waals surface area contributed by atoms with Crippen molar-refractivity contribution in [1.82, 2.24) is 19.9 Å². The number of hydrogen-bond acceptors (Lipinski definition) is 4. The van der Waals surface area contributed by atoms with Crippen molar-refractivity contribution in [3.05, 3.63) is 76.5 Å². The number of carbonyl (C=O) groups excluding carboxylic acids is 1. The zero-order valence-electron chi connectivity index (χ0n) is 15.7. The van der Waals surface area contributed by atoms with Crippen molar-refractivity contribution in [1.29, 1.82) is 0 Å². The van der Waals surface area contributed by atoms with Crippen molar-refractivity contribution in [2.45, 2.75) is 25.7 Å². The van der Waals surface area contributed by atoms with E-state index < -0.39 is 0 Å². The maximum Gasteiger partial charge on any atom is 0.253 e. The summed E-state index contributed by atoms with van der Waals surface area (Å²) in [6.07, 6.45) is 7.28. The van der Waals surface area contributed by atoms with Gasteiger partial charge in [0.15, 0.2) is 0 Å². The Morgan fingerprint density at radius 2 is 1.89 bits per heavy atom. The largest absolute Gasteiger partial charge is 0.339 e. The van der Waals surface area contributed by atoms with Crippen LogP contribution in [0, 0.1) is 6.92 Å². The molecule has 0 bridgehead atoms. The molecule has 0 spiro atoms. The predicted octanol–water partition coefficient (Wildman–Crippen LogP) is 4.63. The van der Waals surface area contributed by atoms with E-state index in [0.29, 0.717) is 5.92 Å². The topological polar surface area (TPSA) is 59.0 Å². The molecule has 1 aliphatic rings. The van der Waals surface area contributed by atoms with Gasteiger partial charge in [-0.25, -0.2) is 9.97 Å². The molecule has 0 atom stereocenters. The smallest absolute Gasteiger partial charge is 0.253 e. The van der Waals surface area contributed by atoms with Crippen LogP contribution < -0.4 is 0 Å². The van der Waals surface area contributed by atoms with Crippen LogP contribution in [0.3, 0.4) is 0 Å². The molecule has 0 N–H and O–H groups in total. The number of aromatic nitrogens is 3. The summed E-state index contributed by atoms with van der Waals surface area (Å²) >= 11 is 3.44. The minimum Gasteiger partial charge on any atom is -0.339 e. The first kappa shape index (κ1) is 18.7. The van der Waals surface area contributed by atoms with Gasteiger partial charge in [-0.3, -0.25) is 9.78 Å². The van der Waals surface area contributed by atoms with E-state index in [1.807, 2.05) is 54.4 Å². The molecule has 6 heteroatoms. The van der Waals surface area contributed by atoms with Crippen LogP contribution >= 0.6 is 15.9 Å². The quantitative estimate of drug-likeness (QED) is 0.600. The molecule has 3 heterocycles. The number of aryl methyl sites for hydroxylation is 1. The molecule has 2 aromatic heterocycles. The molecule has 0 unspecified atom stereocenters. The van der Waals surface area contributed by atoms with Crippen molar-refractivity contribution in [3.8, 4) is 11.1 Å². The fourth-order valence-corrected chi connectivity index (χ4v) is 4.11. The number of hydrogen-bond donors (Lipinski definition) is 0. The molecule has 142 valence electrons. The van der Waals surface area contributed by atoms with Gasteiger partial charge in [-0.05, 0) is 55.7 Å². The molecule has 1 aromatic carbocycles. The second-order valence-corrected chi connectivity index (χ2v) is 7.94. The molecule has 0 saturated carbocycles. The summed E-state index contributed by atoms with van der Waals surface area (Å²) in [5.74, 6) is 1.19. The summed E-state index contributed by atoms with van der Waals surface area (Å²) in [7, 11) is 0. The molecular formula is C22H21BrN4O. The number of rotatable bonds is 3. The highest BCUT2D eigenvalue weighted by Gasteiger charge is 2.27. The zero-order valence-corrected chi connectivity index (χ0v) is 17.3. The van der Waals surface area contributed by atoms with E-state index in [0.717, 1.165) is 58.6 Å². The first-order valence-electron chi connectivity index (χ1n) is 9.40. The Morgan fingerprint density at radius 3 is 2.61 bits per heavy atom. The van der Waals surface area contributed by atoms with Gasteiger partial charge >= 0.3 is 0 Å². The van der Waals surface area contributed by atoms with Gasteiger partial charge in [0.1, 0.15) is 5.82 Å². The third kappa shape index (κ3) is 3.97. The lowest BCUT2D eigenvalue weighted by molar-refractivity contribution is 0.0712. The molecule has 5 nitrogen and oxygen atoms in total. The average Bonchev–Trinajstić information content (AvgIpc) is 2.74. The van der Waals surface area contributed by atoms with Crippen molar-refractivity contribution < 1.29 is 4.79 Å². The monoisotopic (exact) mass is 436 g/mol. The lowest BCUT2D eigenvalue weighted by Gasteiger charge is -2.32. The van der Waals surface area contributed by atoms with Gasteiger partial charge in [-0.15, -0.1) is 0 Å². The molecule has 0 aliphatic carbocycles. The molecule has 0 radical (unpaired) electrons. The lowest BCUT2D eigenvalue weighted by atomic mass is 9.89.